The van der Waals surface area contributed by atoms with Crippen LogP contribution in [0.4, 0.5) is 0 Å². The minimum absolute atomic E-state index is 0. The topological polar surface area (TPSA) is 28.8 Å². The quantitative estimate of drug-likeness (QED) is 0.775. The molecule has 0 unspecified atom stereocenters. The highest BCUT2D eigenvalue weighted by molar-refractivity contribution is 7.07. The van der Waals surface area contributed by atoms with Crippen molar-refractivity contribution in [2.24, 2.45) is 0 Å². The maximum Gasteiger partial charge on any atom is 0.186 e. The first kappa shape index (κ1) is 11.0. The standard InChI is InChI=1S/C10H10N2S.ClH/c1-8-7-13-10(11)12(8)9-5-3-2-4-6-9;/h2-7,11H,1H3;1H. The third-order valence-corrected chi connectivity index (χ3v) is 2.78. The summed E-state index contributed by atoms with van der Waals surface area (Å²) >= 11 is 1.46. The molecular weight excluding hydrogens is 216 g/mol. The second kappa shape index (κ2) is 4.44. The number of halogens is 1. The van der Waals surface area contributed by atoms with Gasteiger partial charge in [0.05, 0.1) is 0 Å². The Kier molecular flexibility index (Phi) is 3.49. The van der Waals surface area contributed by atoms with Crippen molar-refractivity contribution in [2.45, 2.75) is 6.92 Å². The third-order valence-electron chi connectivity index (χ3n) is 1.91. The van der Waals surface area contributed by atoms with Crippen LogP contribution in [0.3, 0.4) is 0 Å². The maximum absolute atomic E-state index is 7.71. The highest BCUT2D eigenvalue weighted by atomic mass is 35.5. The molecule has 4 heteroatoms. The molecule has 0 aliphatic rings. The fourth-order valence-corrected chi connectivity index (χ4v) is 2.05. The number of rotatable bonds is 1. The van der Waals surface area contributed by atoms with Gasteiger partial charge in [-0.1, -0.05) is 18.2 Å². The van der Waals surface area contributed by atoms with Crippen LogP contribution in [0, 0.1) is 12.3 Å². The average molecular weight is 227 g/mol. The van der Waals surface area contributed by atoms with Gasteiger partial charge < -0.3 is 0 Å². The summed E-state index contributed by atoms with van der Waals surface area (Å²) in [6.07, 6.45) is 0. The second-order valence-electron chi connectivity index (χ2n) is 2.85. The molecule has 0 saturated carbocycles. The van der Waals surface area contributed by atoms with E-state index in [0.717, 1.165) is 11.4 Å². The number of aromatic nitrogens is 1. The lowest BCUT2D eigenvalue weighted by Crippen LogP contribution is -2.11. The maximum atomic E-state index is 7.71. The van der Waals surface area contributed by atoms with Crippen LogP contribution in [0.1, 0.15) is 5.69 Å². The van der Waals surface area contributed by atoms with Crippen molar-refractivity contribution in [3.05, 3.63) is 46.2 Å². The molecule has 0 bridgehead atoms. The van der Waals surface area contributed by atoms with E-state index in [4.69, 9.17) is 5.41 Å². The van der Waals surface area contributed by atoms with Crippen LogP contribution in [0.5, 0.6) is 0 Å². The van der Waals surface area contributed by atoms with Crippen LogP contribution >= 0.6 is 23.7 Å². The molecule has 0 aliphatic carbocycles. The summed E-state index contributed by atoms with van der Waals surface area (Å²) in [6, 6.07) is 9.97. The molecule has 1 heterocycles. The summed E-state index contributed by atoms with van der Waals surface area (Å²) in [5.74, 6) is 0. The zero-order chi connectivity index (χ0) is 9.26. The van der Waals surface area contributed by atoms with Gasteiger partial charge in [0, 0.05) is 16.8 Å². The number of nitrogens with zero attached hydrogens (tertiary/aromatic N) is 1. The number of nitrogens with one attached hydrogen (secondary N) is 1. The first-order valence-electron chi connectivity index (χ1n) is 4.06. The first-order valence-corrected chi connectivity index (χ1v) is 4.94. The highest BCUT2D eigenvalue weighted by Gasteiger charge is 2.00. The fourth-order valence-electron chi connectivity index (χ4n) is 1.30. The van der Waals surface area contributed by atoms with Crippen LogP contribution in [0.2, 0.25) is 0 Å². The second-order valence-corrected chi connectivity index (χ2v) is 3.71. The van der Waals surface area contributed by atoms with Gasteiger partial charge in [-0.05, 0) is 19.1 Å². The van der Waals surface area contributed by atoms with Gasteiger partial charge in [0.2, 0.25) is 0 Å². The minimum Gasteiger partial charge on any atom is -0.290 e. The van der Waals surface area contributed by atoms with Gasteiger partial charge in [-0.25, -0.2) is 0 Å². The lowest BCUT2D eigenvalue weighted by Gasteiger charge is -2.03. The van der Waals surface area contributed by atoms with E-state index >= 15 is 0 Å². The Morgan fingerprint density at radius 1 is 1.21 bits per heavy atom. The SMILES string of the molecule is Cc1csc(=N)n1-c1ccccc1.Cl. The van der Waals surface area contributed by atoms with Crippen molar-refractivity contribution in [1.82, 2.24) is 4.57 Å². The van der Waals surface area contributed by atoms with Crippen molar-refractivity contribution >= 4 is 23.7 Å². The Balaban J connectivity index is 0.000000980. The van der Waals surface area contributed by atoms with E-state index < -0.39 is 0 Å². The number of hydrogen-bond acceptors (Lipinski definition) is 2. The van der Waals surface area contributed by atoms with E-state index in [0.29, 0.717) is 4.80 Å². The third kappa shape index (κ3) is 1.89. The molecule has 2 rings (SSSR count). The number of thiazole rings is 1. The summed E-state index contributed by atoms with van der Waals surface area (Å²) in [6.45, 7) is 2.02. The van der Waals surface area contributed by atoms with Gasteiger partial charge in [-0.2, -0.15) is 0 Å². The molecule has 0 saturated heterocycles. The molecule has 0 spiro atoms. The van der Waals surface area contributed by atoms with E-state index in [-0.39, 0.29) is 12.4 Å². The Labute approximate surface area is 92.8 Å². The van der Waals surface area contributed by atoms with Gasteiger partial charge >= 0.3 is 0 Å². The molecule has 14 heavy (non-hydrogen) atoms. The number of hydrogen-bond donors (Lipinski definition) is 1. The van der Waals surface area contributed by atoms with Crippen LogP contribution in [-0.4, -0.2) is 4.57 Å². The smallest absolute Gasteiger partial charge is 0.186 e. The highest BCUT2D eigenvalue weighted by Crippen LogP contribution is 2.09. The monoisotopic (exact) mass is 226 g/mol. The number of aryl methyl sites for hydroxylation is 1. The predicted molar refractivity (Wildman–Crippen MR) is 61.5 cm³/mol. The van der Waals surface area contributed by atoms with Gasteiger partial charge in [0.15, 0.2) is 4.80 Å². The summed E-state index contributed by atoms with van der Waals surface area (Å²) in [7, 11) is 0. The zero-order valence-corrected chi connectivity index (χ0v) is 9.36. The zero-order valence-electron chi connectivity index (χ0n) is 7.73. The minimum atomic E-state index is 0. The Hall–Kier alpha value is -1.06. The van der Waals surface area contributed by atoms with Crippen molar-refractivity contribution in [2.75, 3.05) is 0 Å². The first-order chi connectivity index (χ1) is 6.29. The van der Waals surface area contributed by atoms with Gasteiger partial charge in [0.1, 0.15) is 0 Å². The van der Waals surface area contributed by atoms with Gasteiger partial charge in [-0.3, -0.25) is 9.98 Å². The van der Waals surface area contributed by atoms with Crippen LogP contribution in [0.25, 0.3) is 5.69 Å². The molecule has 0 atom stereocenters. The number of para-hydroxylation sites is 1. The Morgan fingerprint density at radius 2 is 1.86 bits per heavy atom. The van der Waals surface area contributed by atoms with Gasteiger partial charge in [0.25, 0.3) is 0 Å². The van der Waals surface area contributed by atoms with Crippen LogP contribution < -0.4 is 4.80 Å². The Morgan fingerprint density at radius 3 is 2.36 bits per heavy atom. The molecule has 0 fully saturated rings. The summed E-state index contributed by atoms with van der Waals surface area (Å²) in [5.41, 5.74) is 2.17. The fraction of sp³-hybridized carbons (Fsp3) is 0.100. The predicted octanol–water partition coefficient (Wildman–Crippen LogP) is 2.75. The molecule has 2 aromatic rings. The van der Waals surface area contributed by atoms with E-state index in [1.54, 1.807) is 0 Å². The molecule has 0 radical (unpaired) electrons. The lowest BCUT2D eigenvalue weighted by molar-refractivity contribution is 0.934. The number of benzene rings is 1. The summed E-state index contributed by atoms with van der Waals surface area (Å²) in [4.78, 5) is 0.573. The average Bonchev–Trinajstić information content (AvgIpc) is 2.48. The molecule has 1 aromatic heterocycles. The molecule has 74 valence electrons. The lowest BCUT2D eigenvalue weighted by atomic mass is 10.3. The van der Waals surface area contributed by atoms with E-state index in [9.17, 15) is 0 Å². The van der Waals surface area contributed by atoms with E-state index in [2.05, 4.69) is 0 Å². The van der Waals surface area contributed by atoms with Crippen LogP contribution in [-0.2, 0) is 0 Å². The van der Waals surface area contributed by atoms with E-state index in [1.807, 2.05) is 47.2 Å². The molecule has 0 amide bonds. The molecule has 1 N–H and O–H groups in total. The van der Waals surface area contributed by atoms with Crippen molar-refractivity contribution < 1.29 is 0 Å². The molecular formula is C10H11ClN2S. The molecule has 1 aromatic carbocycles. The normalized spacial score (nSPS) is 9.50. The van der Waals surface area contributed by atoms with Gasteiger partial charge in [-0.15, -0.1) is 23.7 Å². The molecule has 2 nitrogen and oxygen atoms in total. The summed E-state index contributed by atoms with van der Waals surface area (Å²) in [5, 5.41) is 9.71. The largest absolute Gasteiger partial charge is 0.290 e. The van der Waals surface area contributed by atoms with Crippen molar-refractivity contribution in [3.63, 3.8) is 0 Å². The Bertz CT molecular complexity index is 458. The van der Waals surface area contributed by atoms with Crippen LogP contribution in [0.15, 0.2) is 35.7 Å². The van der Waals surface area contributed by atoms with Crippen molar-refractivity contribution in [3.8, 4) is 5.69 Å². The summed E-state index contributed by atoms with van der Waals surface area (Å²) < 4.78 is 1.94. The van der Waals surface area contributed by atoms with E-state index in [1.165, 1.54) is 11.3 Å². The van der Waals surface area contributed by atoms with Crippen molar-refractivity contribution in [1.29, 1.82) is 5.41 Å². The molecule has 0 aliphatic heterocycles.